The maximum Gasteiger partial charge on any atom is 0.410 e. The van der Waals surface area contributed by atoms with Gasteiger partial charge in [0.1, 0.15) is 10.2 Å². The molecule has 0 radical (unpaired) electrons. The highest BCUT2D eigenvalue weighted by Crippen LogP contribution is 2.29. The molecule has 2 heterocycles. The summed E-state index contributed by atoms with van der Waals surface area (Å²) in [5.41, 5.74) is 0.800. The predicted octanol–water partition coefficient (Wildman–Crippen LogP) is 4.34. The first-order valence-electron chi connectivity index (χ1n) is 7.90. The van der Waals surface area contributed by atoms with E-state index >= 15 is 0 Å². The Morgan fingerprint density at radius 3 is 2.45 bits per heavy atom. The second-order valence-electron chi connectivity index (χ2n) is 7.19. The number of ether oxygens (including phenoxy) is 1. The lowest BCUT2D eigenvalue weighted by atomic mass is 10.0. The summed E-state index contributed by atoms with van der Waals surface area (Å²) >= 11 is 3.47. The summed E-state index contributed by atoms with van der Waals surface area (Å²) in [6.45, 7) is 11.5. The highest BCUT2D eigenvalue weighted by molar-refractivity contribution is 9.10. The molecule has 22 heavy (non-hydrogen) atoms. The Kier molecular flexibility index (Phi) is 5.20. The highest BCUT2D eigenvalue weighted by Gasteiger charge is 2.29. The van der Waals surface area contributed by atoms with E-state index in [2.05, 4.69) is 45.6 Å². The van der Waals surface area contributed by atoms with E-state index in [0.717, 1.165) is 17.4 Å². The normalized spacial score (nSPS) is 17.1. The number of hydrogen-bond acceptors (Lipinski definition) is 3. The molecule has 2 rings (SSSR count). The molecule has 0 aliphatic carbocycles. The standard InChI is InChI=1S/C16H26BrN3O2/c1-11(2)13-10-14(17)18-20(13)12-6-8-19(9-7-12)15(21)22-16(3,4)5/h10-12H,6-9H2,1-5H3. The number of rotatable bonds is 2. The number of halogens is 1. The number of amides is 1. The molecule has 0 aromatic carbocycles. The van der Waals surface area contributed by atoms with Gasteiger partial charge in [0.15, 0.2) is 0 Å². The van der Waals surface area contributed by atoms with E-state index in [-0.39, 0.29) is 6.09 Å². The number of carbonyl (C=O) groups is 1. The fourth-order valence-electron chi connectivity index (χ4n) is 2.72. The van der Waals surface area contributed by atoms with Gasteiger partial charge >= 0.3 is 6.09 Å². The van der Waals surface area contributed by atoms with Crippen LogP contribution in [0.4, 0.5) is 4.79 Å². The first-order valence-corrected chi connectivity index (χ1v) is 8.69. The van der Waals surface area contributed by atoms with E-state index in [1.165, 1.54) is 5.69 Å². The van der Waals surface area contributed by atoms with Crippen LogP contribution in [0.2, 0.25) is 0 Å². The largest absolute Gasteiger partial charge is 0.444 e. The lowest BCUT2D eigenvalue weighted by Gasteiger charge is -2.34. The Balaban J connectivity index is 1.99. The average Bonchev–Trinajstić information content (AvgIpc) is 2.79. The molecule has 0 spiro atoms. The lowest BCUT2D eigenvalue weighted by molar-refractivity contribution is 0.0183. The smallest absolute Gasteiger partial charge is 0.410 e. The van der Waals surface area contributed by atoms with Crippen molar-refractivity contribution in [1.82, 2.24) is 14.7 Å². The molecule has 1 amide bonds. The van der Waals surface area contributed by atoms with Gasteiger partial charge in [-0.05, 0) is 61.5 Å². The molecule has 5 nitrogen and oxygen atoms in total. The Hall–Kier alpha value is -1.04. The summed E-state index contributed by atoms with van der Waals surface area (Å²) in [5, 5.41) is 4.58. The minimum Gasteiger partial charge on any atom is -0.444 e. The average molecular weight is 372 g/mol. The van der Waals surface area contributed by atoms with Gasteiger partial charge in [0.25, 0.3) is 0 Å². The molecule has 0 bridgehead atoms. The fraction of sp³-hybridized carbons (Fsp3) is 0.750. The molecule has 0 N–H and O–H groups in total. The van der Waals surface area contributed by atoms with Crippen LogP contribution in [-0.2, 0) is 4.74 Å². The highest BCUT2D eigenvalue weighted by atomic mass is 79.9. The minimum atomic E-state index is -0.439. The molecular formula is C16H26BrN3O2. The van der Waals surface area contributed by atoms with Gasteiger partial charge in [-0.25, -0.2) is 4.79 Å². The second kappa shape index (κ2) is 6.60. The van der Waals surface area contributed by atoms with Gasteiger partial charge in [0.2, 0.25) is 0 Å². The van der Waals surface area contributed by atoms with Crippen molar-refractivity contribution < 1.29 is 9.53 Å². The summed E-state index contributed by atoms with van der Waals surface area (Å²) in [4.78, 5) is 13.9. The molecule has 1 aliphatic rings. The number of nitrogens with zero attached hydrogens (tertiary/aromatic N) is 3. The Bertz CT molecular complexity index is 526. The third kappa shape index (κ3) is 4.24. The van der Waals surface area contributed by atoms with Gasteiger partial charge < -0.3 is 9.64 Å². The maximum absolute atomic E-state index is 12.1. The van der Waals surface area contributed by atoms with E-state index < -0.39 is 5.60 Å². The number of piperidine rings is 1. The van der Waals surface area contributed by atoms with Gasteiger partial charge in [-0.15, -0.1) is 0 Å². The van der Waals surface area contributed by atoms with Gasteiger partial charge in [-0.3, -0.25) is 4.68 Å². The van der Waals surface area contributed by atoms with Crippen molar-refractivity contribution in [1.29, 1.82) is 0 Å². The Morgan fingerprint density at radius 1 is 1.36 bits per heavy atom. The molecule has 1 saturated heterocycles. The fourth-order valence-corrected chi connectivity index (χ4v) is 3.13. The summed E-state index contributed by atoms with van der Waals surface area (Å²) in [5.74, 6) is 0.433. The summed E-state index contributed by atoms with van der Waals surface area (Å²) in [6.07, 6.45) is 1.61. The van der Waals surface area contributed by atoms with Gasteiger partial charge in [0, 0.05) is 18.8 Å². The molecule has 1 aromatic heterocycles. The van der Waals surface area contributed by atoms with E-state index in [1.807, 2.05) is 20.8 Å². The summed E-state index contributed by atoms with van der Waals surface area (Å²) < 4.78 is 8.45. The molecule has 0 atom stereocenters. The molecule has 1 fully saturated rings. The van der Waals surface area contributed by atoms with Crippen molar-refractivity contribution in [3.05, 3.63) is 16.4 Å². The molecule has 124 valence electrons. The molecule has 0 unspecified atom stereocenters. The van der Waals surface area contributed by atoms with Crippen LogP contribution in [0.15, 0.2) is 10.7 Å². The molecule has 1 aromatic rings. The van der Waals surface area contributed by atoms with Gasteiger partial charge in [0.05, 0.1) is 6.04 Å². The second-order valence-corrected chi connectivity index (χ2v) is 8.00. The monoisotopic (exact) mass is 371 g/mol. The quantitative estimate of drug-likeness (QED) is 0.776. The number of aromatic nitrogens is 2. The summed E-state index contributed by atoms with van der Waals surface area (Å²) in [6, 6.07) is 2.44. The van der Waals surface area contributed by atoms with Crippen molar-refractivity contribution in [2.24, 2.45) is 0 Å². The SMILES string of the molecule is CC(C)c1cc(Br)nn1C1CCN(C(=O)OC(C)(C)C)CC1. The van der Waals surface area contributed by atoms with Crippen LogP contribution in [0.1, 0.15) is 65.1 Å². The van der Waals surface area contributed by atoms with Crippen molar-refractivity contribution in [2.75, 3.05) is 13.1 Å². The Labute approximate surface area is 141 Å². The number of likely N-dealkylation sites (tertiary alicyclic amines) is 1. The van der Waals surface area contributed by atoms with Crippen LogP contribution in [-0.4, -0.2) is 39.5 Å². The number of hydrogen-bond donors (Lipinski definition) is 0. The van der Waals surface area contributed by atoms with Crippen LogP contribution in [0.3, 0.4) is 0 Å². The van der Waals surface area contributed by atoms with Crippen molar-refractivity contribution >= 4 is 22.0 Å². The van der Waals surface area contributed by atoms with Crippen LogP contribution < -0.4 is 0 Å². The first kappa shape index (κ1) is 17.3. The van der Waals surface area contributed by atoms with E-state index in [9.17, 15) is 4.79 Å². The maximum atomic E-state index is 12.1. The van der Waals surface area contributed by atoms with Crippen LogP contribution in [0.25, 0.3) is 0 Å². The van der Waals surface area contributed by atoms with Crippen LogP contribution in [0.5, 0.6) is 0 Å². The predicted molar refractivity (Wildman–Crippen MR) is 90.1 cm³/mol. The minimum absolute atomic E-state index is 0.211. The van der Waals surface area contributed by atoms with Crippen molar-refractivity contribution in [3.63, 3.8) is 0 Å². The van der Waals surface area contributed by atoms with Crippen LogP contribution >= 0.6 is 15.9 Å². The van der Waals surface area contributed by atoms with E-state index in [1.54, 1.807) is 4.90 Å². The molecule has 6 heteroatoms. The Morgan fingerprint density at radius 2 is 1.95 bits per heavy atom. The number of carbonyl (C=O) groups excluding carboxylic acids is 1. The molecular weight excluding hydrogens is 346 g/mol. The summed E-state index contributed by atoms with van der Waals surface area (Å²) in [7, 11) is 0. The van der Waals surface area contributed by atoms with E-state index in [4.69, 9.17) is 4.74 Å². The van der Waals surface area contributed by atoms with Crippen molar-refractivity contribution in [3.8, 4) is 0 Å². The molecule has 0 saturated carbocycles. The van der Waals surface area contributed by atoms with Gasteiger partial charge in [-0.1, -0.05) is 13.8 Å². The van der Waals surface area contributed by atoms with Crippen LogP contribution in [0, 0.1) is 0 Å². The van der Waals surface area contributed by atoms with Crippen molar-refractivity contribution in [2.45, 2.75) is 65.0 Å². The third-order valence-corrected chi connectivity index (χ3v) is 4.18. The third-order valence-electron chi connectivity index (χ3n) is 3.79. The zero-order chi connectivity index (χ0) is 16.5. The van der Waals surface area contributed by atoms with Gasteiger partial charge in [-0.2, -0.15) is 5.10 Å². The van der Waals surface area contributed by atoms with E-state index in [0.29, 0.717) is 25.0 Å². The lowest BCUT2D eigenvalue weighted by Crippen LogP contribution is -2.42. The zero-order valence-electron chi connectivity index (χ0n) is 14.1. The first-order chi connectivity index (χ1) is 10.2. The topological polar surface area (TPSA) is 47.4 Å². The molecule has 1 aliphatic heterocycles. The zero-order valence-corrected chi connectivity index (χ0v) is 15.7.